The molecule has 0 bridgehead atoms. The number of hydrogen-bond donors (Lipinski definition) is 0. The van der Waals surface area contributed by atoms with Crippen molar-refractivity contribution in [3.05, 3.63) is 86.0 Å². The third-order valence-electron chi connectivity index (χ3n) is 10.1. The minimum absolute atomic E-state index is 0.971. The van der Waals surface area contributed by atoms with Crippen LogP contribution in [-0.4, -0.2) is 4.70 Å². The predicted octanol–water partition coefficient (Wildman–Crippen LogP) is 15.5. The summed E-state index contributed by atoms with van der Waals surface area (Å²) in [6.07, 6.45) is 27.1. The first-order valence-electron chi connectivity index (χ1n) is 19.9. The van der Waals surface area contributed by atoms with Crippen LogP contribution in [0.15, 0.2) is 35.9 Å². The van der Waals surface area contributed by atoms with E-state index in [1.54, 1.807) is 23.9 Å². The second-order valence-electron chi connectivity index (χ2n) is 14.0. The molecule has 0 radical (unpaired) electrons. The van der Waals surface area contributed by atoms with E-state index in [1.807, 2.05) is 0 Å². The summed E-state index contributed by atoms with van der Waals surface area (Å²) in [5.74, 6) is 0. The van der Waals surface area contributed by atoms with E-state index in [2.05, 4.69) is 120 Å². The van der Waals surface area contributed by atoms with Gasteiger partial charge >= 0.3 is 49.0 Å². The molecule has 0 unspecified atom stereocenters. The van der Waals surface area contributed by atoms with Crippen LogP contribution in [0.25, 0.3) is 16.9 Å². The zero-order chi connectivity index (χ0) is 36.0. The number of rotatable bonds is 23. The van der Waals surface area contributed by atoms with E-state index < -0.39 is 0 Å². The van der Waals surface area contributed by atoms with Crippen molar-refractivity contribution in [2.45, 2.75) is 183 Å². The summed E-state index contributed by atoms with van der Waals surface area (Å²) < 4.78 is 1.59. The van der Waals surface area contributed by atoms with Gasteiger partial charge < -0.3 is 5.53 Å². The molecule has 0 atom stereocenters. The molecule has 0 fully saturated rings. The molecule has 2 nitrogen and oxygen atoms in total. The Kier molecular flexibility index (Phi) is 23.9. The summed E-state index contributed by atoms with van der Waals surface area (Å²) in [4.78, 5) is 0. The molecule has 0 saturated heterocycles. The van der Waals surface area contributed by atoms with Crippen molar-refractivity contribution >= 4 is 52.4 Å². The zero-order valence-corrected chi connectivity index (χ0v) is 37.5. The maximum absolute atomic E-state index is 12.2. The van der Waals surface area contributed by atoms with Crippen molar-refractivity contribution in [2.24, 2.45) is 0 Å². The Morgan fingerprint density at radius 3 is 1.14 bits per heavy atom. The molecule has 0 N–H and O–H groups in total. The zero-order valence-electron chi connectivity index (χ0n) is 32.2. The van der Waals surface area contributed by atoms with E-state index in [-0.39, 0.29) is 0 Å². The summed E-state index contributed by atoms with van der Waals surface area (Å²) in [5, 5.41) is 0. The Hall–Kier alpha value is -0.526. The average molecular weight is 938 g/mol. The number of hydrogen-bond acceptors (Lipinski definition) is 0. The SMILES string of the molecule is CCCCC1=C(c2cc(CCCC)c(CCCC)c(CCCC)c2)[N+](=[N-])C(c2cc(CCCC)c(CCCC)c(CCCC)c2)=C1.[I][Ni][I]. The summed E-state index contributed by atoms with van der Waals surface area (Å²) in [6, 6.07) is 9.81. The van der Waals surface area contributed by atoms with Crippen LogP contribution in [0, 0.1) is 0 Å². The number of nitrogens with zero attached hydrogens (tertiary/aromatic N) is 2. The van der Waals surface area contributed by atoms with Crippen molar-refractivity contribution in [2.75, 3.05) is 0 Å². The van der Waals surface area contributed by atoms with Crippen LogP contribution < -0.4 is 0 Å². The topological polar surface area (TPSA) is 25.3 Å². The van der Waals surface area contributed by atoms with Crippen LogP contribution in [0.1, 0.15) is 189 Å². The fraction of sp³-hybridized carbons (Fsp3) is 0.636. The van der Waals surface area contributed by atoms with Crippen LogP contribution in [-0.2, 0) is 46.6 Å². The Morgan fingerprint density at radius 2 is 0.796 bits per heavy atom. The molecule has 1 aliphatic heterocycles. The van der Waals surface area contributed by atoms with Gasteiger partial charge in [-0.3, -0.25) is 0 Å². The molecule has 49 heavy (non-hydrogen) atoms. The van der Waals surface area contributed by atoms with Gasteiger partial charge in [-0.15, -0.1) is 0 Å². The van der Waals surface area contributed by atoms with E-state index in [0.717, 1.165) is 56.3 Å². The van der Waals surface area contributed by atoms with Crippen LogP contribution in [0.3, 0.4) is 0 Å². The molecule has 3 rings (SSSR count). The summed E-state index contributed by atoms with van der Waals surface area (Å²) >= 11 is 4.43. The van der Waals surface area contributed by atoms with Gasteiger partial charge in [0.1, 0.15) is 0 Å². The van der Waals surface area contributed by atoms with Crippen LogP contribution in [0.4, 0.5) is 0 Å². The number of aryl methyl sites for hydroxylation is 4. The Morgan fingerprint density at radius 1 is 0.490 bits per heavy atom. The van der Waals surface area contributed by atoms with Gasteiger partial charge in [0, 0.05) is 22.8 Å². The normalized spacial score (nSPS) is 12.9. The molecule has 0 aromatic heterocycles. The fourth-order valence-electron chi connectivity index (χ4n) is 7.21. The van der Waals surface area contributed by atoms with E-state index in [9.17, 15) is 5.53 Å². The Bertz CT molecular complexity index is 1280. The quantitative estimate of drug-likeness (QED) is 0.0603. The van der Waals surface area contributed by atoms with Crippen LogP contribution in [0.2, 0.25) is 0 Å². The van der Waals surface area contributed by atoms with Gasteiger partial charge in [-0.1, -0.05) is 93.4 Å². The molecular weight excluding hydrogens is 869 g/mol. The molecule has 1 heterocycles. The third kappa shape index (κ3) is 14.1. The van der Waals surface area contributed by atoms with Crippen molar-refractivity contribution < 1.29 is 12.8 Å². The van der Waals surface area contributed by atoms with Crippen LogP contribution in [0.5, 0.6) is 0 Å². The minimum atomic E-state index is 0.971. The van der Waals surface area contributed by atoms with E-state index in [1.165, 1.54) is 129 Å². The molecule has 278 valence electrons. The van der Waals surface area contributed by atoms with Gasteiger partial charge in [-0.2, -0.15) is 0 Å². The monoisotopic (exact) mass is 936 g/mol. The molecule has 0 saturated carbocycles. The van der Waals surface area contributed by atoms with Crippen molar-refractivity contribution in [1.29, 1.82) is 0 Å². The first-order chi connectivity index (χ1) is 23.9. The molecule has 2 aromatic carbocycles. The molecule has 5 heteroatoms. The van der Waals surface area contributed by atoms with Gasteiger partial charge in [0.25, 0.3) is 0 Å². The maximum atomic E-state index is 12.2. The van der Waals surface area contributed by atoms with Crippen molar-refractivity contribution in [3.63, 3.8) is 0 Å². The second kappa shape index (κ2) is 26.3. The average Bonchev–Trinajstić information content (AvgIpc) is 3.44. The number of allylic oxidation sites excluding steroid dienone is 2. The van der Waals surface area contributed by atoms with E-state index in [0.29, 0.717) is 0 Å². The van der Waals surface area contributed by atoms with Gasteiger partial charge in [0.2, 0.25) is 11.4 Å². The van der Waals surface area contributed by atoms with E-state index in [4.69, 9.17) is 0 Å². The first kappa shape index (κ1) is 44.6. The molecular formula is C44H68I2N2Ni. The first-order valence-corrected chi connectivity index (χ1v) is 26.3. The second-order valence-corrected chi connectivity index (χ2v) is 22.4. The molecule has 0 amide bonds. The number of benzene rings is 2. The molecule has 2 aromatic rings. The number of halogens is 2. The summed E-state index contributed by atoms with van der Waals surface area (Å²) in [6.45, 7) is 16.1. The molecule has 1 aliphatic rings. The van der Waals surface area contributed by atoms with Crippen molar-refractivity contribution in [3.8, 4) is 0 Å². The van der Waals surface area contributed by atoms with Gasteiger partial charge in [-0.05, 0) is 148 Å². The predicted molar refractivity (Wildman–Crippen MR) is 231 cm³/mol. The van der Waals surface area contributed by atoms with Gasteiger partial charge in [0.15, 0.2) is 0 Å². The van der Waals surface area contributed by atoms with E-state index >= 15 is 0 Å². The molecule has 0 spiro atoms. The molecule has 0 aliphatic carbocycles. The number of unbranched alkanes of at least 4 members (excludes halogenated alkanes) is 7. The summed E-state index contributed by atoms with van der Waals surface area (Å²) in [7, 11) is 1.56. The summed E-state index contributed by atoms with van der Waals surface area (Å²) in [5.41, 5.74) is 27.2. The van der Waals surface area contributed by atoms with Crippen LogP contribution >= 0.6 is 41.0 Å². The standard InChI is InChI=1S/C44H68N2.2HI.Ni/c1-8-15-22-34-29-39(30-35(23-16-9-2)41(34)27-20-13-6)43-33-38(26-19-12-5)44(46(43)45)40-31-36(24-17-10-3)42(28-21-14-7)37(32-40)25-18-11-4;;;/h29-33H,8-28H2,1-7H3;2*1H;/q;;;+2/p-2. The van der Waals surface area contributed by atoms with Gasteiger partial charge in [-0.25, -0.2) is 4.70 Å². The Labute approximate surface area is 331 Å². The fourth-order valence-corrected chi connectivity index (χ4v) is 7.21. The van der Waals surface area contributed by atoms with Crippen molar-refractivity contribution in [1.82, 2.24) is 0 Å². The van der Waals surface area contributed by atoms with Gasteiger partial charge in [0.05, 0.1) is 0 Å². The third-order valence-corrected chi connectivity index (χ3v) is 10.1. The Balaban J connectivity index is 0.00000267.